The molecule has 0 spiro atoms. The zero-order valence-electron chi connectivity index (χ0n) is 15.2. The molecule has 2 aromatic carbocycles. The van der Waals surface area contributed by atoms with E-state index in [0.717, 1.165) is 38.3 Å². The number of piperazine rings is 1. The van der Waals surface area contributed by atoms with Crippen LogP contribution >= 0.6 is 11.6 Å². The van der Waals surface area contributed by atoms with Crippen LogP contribution in [-0.2, 0) is 11.3 Å². The fourth-order valence-electron chi connectivity index (χ4n) is 3.27. The third kappa shape index (κ3) is 5.56. The Hall–Kier alpha value is -1.88. The van der Waals surface area contributed by atoms with Crippen LogP contribution in [0.25, 0.3) is 0 Å². The molecule has 1 heterocycles. The predicted molar refractivity (Wildman–Crippen MR) is 106 cm³/mol. The van der Waals surface area contributed by atoms with Crippen molar-refractivity contribution in [3.05, 3.63) is 70.7 Å². The van der Waals surface area contributed by atoms with Crippen molar-refractivity contribution in [1.82, 2.24) is 15.1 Å². The first-order valence-corrected chi connectivity index (χ1v) is 9.51. The van der Waals surface area contributed by atoms with Gasteiger partial charge in [-0.05, 0) is 30.2 Å². The fraction of sp³-hybridized carbons (Fsp3) is 0.381. The monoisotopic (exact) mass is 371 g/mol. The van der Waals surface area contributed by atoms with Gasteiger partial charge in [-0.25, -0.2) is 0 Å². The van der Waals surface area contributed by atoms with Crippen LogP contribution in [0.3, 0.4) is 0 Å². The SMILES string of the molecule is CC(NC(=O)CN1CCN(Cc2ccccc2)CC1)c1ccc(Cl)cc1. The van der Waals surface area contributed by atoms with Gasteiger partial charge in [0, 0.05) is 37.7 Å². The maximum atomic E-state index is 12.3. The van der Waals surface area contributed by atoms with E-state index in [-0.39, 0.29) is 11.9 Å². The predicted octanol–water partition coefficient (Wildman–Crippen LogP) is 3.34. The number of carbonyl (C=O) groups is 1. The van der Waals surface area contributed by atoms with Gasteiger partial charge in [0.1, 0.15) is 0 Å². The Morgan fingerprint density at radius 1 is 1.00 bits per heavy atom. The number of amides is 1. The number of hydrogen-bond donors (Lipinski definition) is 1. The molecule has 4 nitrogen and oxygen atoms in total. The average molecular weight is 372 g/mol. The molecule has 1 aliphatic rings. The second-order valence-electron chi connectivity index (χ2n) is 6.88. The second-order valence-corrected chi connectivity index (χ2v) is 7.32. The van der Waals surface area contributed by atoms with Crippen LogP contribution in [0, 0.1) is 0 Å². The Bertz CT molecular complexity index is 697. The van der Waals surface area contributed by atoms with E-state index in [9.17, 15) is 4.79 Å². The molecule has 5 heteroatoms. The van der Waals surface area contributed by atoms with Gasteiger partial charge in [-0.1, -0.05) is 54.1 Å². The summed E-state index contributed by atoms with van der Waals surface area (Å²) in [6, 6.07) is 18.1. The number of rotatable bonds is 6. The van der Waals surface area contributed by atoms with E-state index in [1.54, 1.807) is 0 Å². The summed E-state index contributed by atoms with van der Waals surface area (Å²) < 4.78 is 0. The first-order valence-electron chi connectivity index (χ1n) is 9.13. The van der Waals surface area contributed by atoms with E-state index in [1.165, 1.54) is 5.56 Å². The number of hydrogen-bond acceptors (Lipinski definition) is 3. The van der Waals surface area contributed by atoms with E-state index in [0.29, 0.717) is 11.6 Å². The van der Waals surface area contributed by atoms with Gasteiger partial charge in [0.05, 0.1) is 12.6 Å². The first-order chi connectivity index (χ1) is 12.6. The van der Waals surface area contributed by atoms with Gasteiger partial charge < -0.3 is 5.32 Å². The number of halogens is 1. The molecular weight excluding hydrogens is 346 g/mol. The molecule has 1 atom stereocenters. The van der Waals surface area contributed by atoms with Gasteiger partial charge >= 0.3 is 0 Å². The van der Waals surface area contributed by atoms with Crippen LogP contribution in [0.4, 0.5) is 0 Å². The van der Waals surface area contributed by atoms with Gasteiger partial charge in [0.25, 0.3) is 0 Å². The molecule has 1 N–H and O–H groups in total. The highest BCUT2D eigenvalue weighted by atomic mass is 35.5. The minimum atomic E-state index is -0.0147. The third-order valence-electron chi connectivity index (χ3n) is 4.83. The van der Waals surface area contributed by atoms with Crippen molar-refractivity contribution >= 4 is 17.5 Å². The highest BCUT2D eigenvalue weighted by Crippen LogP contribution is 2.16. The summed E-state index contributed by atoms with van der Waals surface area (Å²) in [6.45, 7) is 7.28. The molecule has 0 saturated carbocycles. The fourth-order valence-corrected chi connectivity index (χ4v) is 3.40. The van der Waals surface area contributed by atoms with Crippen molar-refractivity contribution in [2.45, 2.75) is 19.5 Å². The van der Waals surface area contributed by atoms with Crippen molar-refractivity contribution in [3.8, 4) is 0 Å². The molecule has 1 fully saturated rings. The van der Waals surface area contributed by atoms with Crippen LogP contribution in [-0.4, -0.2) is 48.4 Å². The highest BCUT2D eigenvalue weighted by Gasteiger charge is 2.19. The summed E-state index contributed by atoms with van der Waals surface area (Å²) >= 11 is 5.92. The van der Waals surface area contributed by atoms with Gasteiger partial charge in [-0.3, -0.25) is 14.6 Å². The maximum Gasteiger partial charge on any atom is 0.234 e. The first kappa shape index (κ1) is 18.9. The van der Waals surface area contributed by atoms with Crippen LogP contribution in [0.5, 0.6) is 0 Å². The second kappa shape index (κ2) is 9.17. The molecule has 0 aromatic heterocycles. The Morgan fingerprint density at radius 2 is 1.62 bits per heavy atom. The van der Waals surface area contributed by atoms with Crippen molar-refractivity contribution < 1.29 is 4.79 Å². The normalized spacial score (nSPS) is 17.0. The van der Waals surface area contributed by atoms with Crippen molar-refractivity contribution in [3.63, 3.8) is 0 Å². The van der Waals surface area contributed by atoms with E-state index in [2.05, 4.69) is 39.4 Å². The molecule has 0 aliphatic carbocycles. The molecule has 1 unspecified atom stereocenters. The smallest absolute Gasteiger partial charge is 0.234 e. The van der Waals surface area contributed by atoms with E-state index < -0.39 is 0 Å². The summed E-state index contributed by atoms with van der Waals surface area (Å²) in [5.74, 6) is 0.0731. The largest absolute Gasteiger partial charge is 0.348 e. The molecule has 26 heavy (non-hydrogen) atoms. The van der Waals surface area contributed by atoms with Gasteiger partial charge in [0.2, 0.25) is 5.91 Å². The molecule has 1 amide bonds. The summed E-state index contributed by atoms with van der Waals surface area (Å²) in [6.07, 6.45) is 0. The lowest BCUT2D eigenvalue weighted by Crippen LogP contribution is -2.49. The van der Waals surface area contributed by atoms with Gasteiger partial charge in [-0.15, -0.1) is 0 Å². The molecule has 1 saturated heterocycles. The minimum Gasteiger partial charge on any atom is -0.348 e. The standard InChI is InChI=1S/C21H26ClN3O/c1-17(19-7-9-20(22)10-8-19)23-21(26)16-25-13-11-24(12-14-25)15-18-5-3-2-4-6-18/h2-10,17H,11-16H2,1H3,(H,23,26). The molecule has 0 radical (unpaired) electrons. The Labute approximate surface area is 160 Å². The van der Waals surface area contributed by atoms with Crippen molar-refractivity contribution in [2.75, 3.05) is 32.7 Å². The quantitative estimate of drug-likeness (QED) is 0.846. The Morgan fingerprint density at radius 3 is 2.27 bits per heavy atom. The van der Waals surface area contributed by atoms with Crippen LogP contribution < -0.4 is 5.32 Å². The van der Waals surface area contributed by atoms with Crippen LogP contribution in [0.1, 0.15) is 24.1 Å². The number of benzene rings is 2. The molecular formula is C21H26ClN3O. The number of carbonyl (C=O) groups excluding carboxylic acids is 1. The Kier molecular flexibility index (Phi) is 6.67. The maximum absolute atomic E-state index is 12.3. The molecule has 1 aliphatic heterocycles. The zero-order valence-corrected chi connectivity index (χ0v) is 16.0. The number of nitrogens with zero attached hydrogens (tertiary/aromatic N) is 2. The van der Waals surface area contributed by atoms with Crippen molar-refractivity contribution in [1.29, 1.82) is 0 Å². The van der Waals surface area contributed by atoms with E-state index >= 15 is 0 Å². The lowest BCUT2D eigenvalue weighted by Gasteiger charge is -2.34. The van der Waals surface area contributed by atoms with Gasteiger partial charge in [-0.2, -0.15) is 0 Å². The topological polar surface area (TPSA) is 35.6 Å². The van der Waals surface area contributed by atoms with Gasteiger partial charge in [0.15, 0.2) is 0 Å². The molecule has 138 valence electrons. The molecule has 2 aromatic rings. The summed E-state index contributed by atoms with van der Waals surface area (Å²) in [7, 11) is 0. The molecule has 3 rings (SSSR count). The Balaban J connectivity index is 1.41. The third-order valence-corrected chi connectivity index (χ3v) is 5.08. The lowest BCUT2D eigenvalue weighted by molar-refractivity contribution is -0.123. The summed E-state index contributed by atoms with van der Waals surface area (Å²) in [4.78, 5) is 17.0. The zero-order chi connectivity index (χ0) is 18.4. The minimum absolute atomic E-state index is 0.0147. The van der Waals surface area contributed by atoms with Crippen molar-refractivity contribution in [2.24, 2.45) is 0 Å². The molecule has 0 bridgehead atoms. The summed E-state index contributed by atoms with van der Waals surface area (Å²) in [5, 5.41) is 3.79. The van der Waals surface area contributed by atoms with Crippen LogP contribution in [0.15, 0.2) is 54.6 Å². The van der Waals surface area contributed by atoms with Crippen LogP contribution in [0.2, 0.25) is 5.02 Å². The average Bonchev–Trinajstić information content (AvgIpc) is 2.64. The van der Waals surface area contributed by atoms with E-state index in [1.807, 2.05) is 37.3 Å². The number of nitrogens with one attached hydrogen (secondary N) is 1. The summed E-state index contributed by atoms with van der Waals surface area (Å²) in [5.41, 5.74) is 2.41. The highest BCUT2D eigenvalue weighted by molar-refractivity contribution is 6.30. The van der Waals surface area contributed by atoms with E-state index in [4.69, 9.17) is 11.6 Å². The lowest BCUT2D eigenvalue weighted by atomic mass is 10.1.